The monoisotopic (exact) mass is 383 g/mol. The number of aliphatic hydroxyl groups excluding tert-OH is 2. The van der Waals surface area contributed by atoms with E-state index in [1.54, 1.807) is 5.57 Å². The Morgan fingerprint density at radius 1 is 1.19 bits per heavy atom. The molecule has 4 heteroatoms. The zero-order chi connectivity index (χ0) is 17.8. The molecule has 4 aliphatic carbocycles. The van der Waals surface area contributed by atoms with Gasteiger partial charge in [-0.05, 0) is 94.4 Å². The number of aliphatic hydroxyl groups is 2. The highest BCUT2D eigenvalue weighted by atomic mass is 35.5. The van der Waals surface area contributed by atoms with Gasteiger partial charge in [-0.2, -0.15) is 0 Å². The summed E-state index contributed by atoms with van der Waals surface area (Å²) >= 11 is 0. The SMILES string of the molecule is CN[C@H]1CC[C@@]2(C)C(=CC[C@H]3[C@@H]4CC[C@H](C(C)O)[C@@]4(CO)CC[C@@H]32)C1.Cl. The lowest BCUT2D eigenvalue weighted by Gasteiger charge is -2.58. The van der Waals surface area contributed by atoms with Gasteiger partial charge in [0, 0.05) is 18.1 Å². The second-order valence-corrected chi connectivity index (χ2v) is 9.84. The van der Waals surface area contributed by atoms with Crippen molar-refractivity contribution in [2.75, 3.05) is 13.7 Å². The first kappa shape index (κ1) is 20.6. The molecule has 3 N–H and O–H groups in total. The Bertz CT molecular complexity index is 550. The first-order chi connectivity index (χ1) is 12.0. The van der Waals surface area contributed by atoms with E-state index in [2.05, 4.69) is 25.4 Å². The summed E-state index contributed by atoms with van der Waals surface area (Å²) in [5.74, 6) is 2.39. The van der Waals surface area contributed by atoms with Crippen LogP contribution in [-0.2, 0) is 0 Å². The molecular formula is C22H38ClNO2. The first-order valence-corrected chi connectivity index (χ1v) is 10.6. The summed E-state index contributed by atoms with van der Waals surface area (Å²) in [6.07, 6.45) is 12.0. The minimum atomic E-state index is -0.287. The summed E-state index contributed by atoms with van der Waals surface area (Å²) in [6.45, 7) is 4.75. The third-order valence-corrected chi connectivity index (χ3v) is 9.17. The van der Waals surface area contributed by atoms with Crippen molar-refractivity contribution in [1.29, 1.82) is 0 Å². The molecule has 4 aliphatic rings. The summed E-state index contributed by atoms with van der Waals surface area (Å²) in [5.41, 5.74) is 2.07. The van der Waals surface area contributed by atoms with E-state index in [0.717, 1.165) is 18.8 Å². The second kappa shape index (κ2) is 7.39. The molecule has 0 spiro atoms. The zero-order valence-electron chi connectivity index (χ0n) is 16.7. The van der Waals surface area contributed by atoms with Crippen LogP contribution in [0.1, 0.15) is 65.2 Å². The number of hydrogen-bond donors (Lipinski definition) is 3. The summed E-state index contributed by atoms with van der Waals surface area (Å²) < 4.78 is 0. The maximum absolute atomic E-state index is 10.4. The fourth-order valence-corrected chi connectivity index (χ4v) is 7.79. The second-order valence-electron chi connectivity index (χ2n) is 9.84. The minimum Gasteiger partial charge on any atom is -0.396 e. The van der Waals surface area contributed by atoms with Gasteiger partial charge in [0.2, 0.25) is 0 Å². The van der Waals surface area contributed by atoms with E-state index < -0.39 is 0 Å². The average molecular weight is 384 g/mol. The Balaban J connectivity index is 0.00000196. The largest absolute Gasteiger partial charge is 0.396 e. The molecule has 0 amide bonds. The highest BCUT2D eigenvalue weighted by Crippen LogP contribution is 2.66. The summed E-state index contributed by atoms with van der Waals surface area (Å²) in [5, 5.41) is 24.2. The quantitative estimate of drug-likeness (QED) is 0.647. The Kier molecular flexibility index (Phi) is 5.86. The van der Waals surface area contributed by atoms with Crippen LogP contribution >= 0.6 is 12.4 Å². The van der Waals surface area contributed by atoms with Gasteiger partial charge in [0.05, 0.1) is 6.10 Å². The molecule has 0 bridgehead atoms. The molecule has 1 unspecified atom stereocenters. The van der Waals surface area contributed by atoms with Gasteiger partial charge >= 0.3 is 0 Å². The molecule has 3 saturated carbocycles. The molecule has 0 heterocycles. The lowest BCUT2D eigenvalue weighted by atomic mass is 9.47. The molecule has 0 aliphatic heterocycles. The summed E-state index contributed by atoms with van der Waals surface area (Å²) in [4.78, 5) is 0. The maximum atomic E-state index is 10.4. The van der Waals surface area contributed by atoms with Gasteiger partial charge < -0.3 is 15.5 Å². The fraction of sp³-hybridized carbons (Fsp3) is 0.909. The molecule has 3 nitrogen and oxygen atoms in total. The van der Waals surface area contributed by atoms with Crippen molar-refractivity contribution >= 4 is 12.4 Å². The lowest BCUT2D eigenvalue weighted by molar-refractivity contribution is -0.0972. The van der Waals surface area contributed by atoms with E-state index in [4.69, 9.17) is 0 Å². The lowest BCUT2D eigenvalue weighted by Crippen LogP contribution is -2.53. The van der Waals surface area contributed by atoms with Crippen molar-refractivity contribution in [3.63, 3.8) is 0 Å². The van der Waals surface area contributed by atoms with Crippen LogP contribution in [0.3, 0.4) is 0 Å². The number of allylic oxidation sites excluding steroid dienone is 1. The molecule has 0 saturated heterocycles. The standard InChI is InChI=1S/C22H37NO2.ClH/c1-14(25)18-6-7-20-17-5-4-15-12-16(23-3)8-10-21(15,2)19(17)9-11-22(18,20)13-24;/h4,14,16-20,23-25H,5-13H2,1-3H3;1H/t14?,16-,17+,18+,19-,20-,21-,22-;/m0./s1. The van der Waals surface area contributed by atoms with E-state index in [9.17, 15) is 10.2 Å². The third-order valence-electron chi connectivity index (χ3n) is 9.17. The van der Waals surface area contributed by atoms with Crippen LogP contribution in [0.5, 0.6) is 0 Å². The molecule has 0 radical (unpaired) electrons. The van der Waals surface area contributed by atoms with Gasteiger partial charge in [-0.25, -0.2) is 0 Å². The highest BCUT2D eigenvalue weighted by Gasteiger charge is 2.60. The van der Waals surface area contributed by atoms with E-state index in [-0.39, 0.29) is 30.5 Å². The van der Waals surface area contributed by atoms with E-state index in [1.165, 1.54) is 38.5 Å². The molecule has 26 heavy (non-hydrogen) atoms. The number of hydrogen-bond acceptors (Lipinski definition) is 3. The molecule has 3 fully saturated rings. The van der Waals surface area contributed by atoms with Gasteiger partial charge in [-0.3, -0.25) is 0 Å². The third kappa shape index (κ3) is 2.80. The van der Waals surface area contributed by atoms with Crippen LogP contribution in [0, 0.1) is 34.5 Å². The van der Waals surface area contributed by atoms with Crippen LogP contribution < -0.4 is 5.32 Å². The number of rotatable bonds is 3. The van der Waals surface area contributed by atoms with Crippen LogP contribution in [0.4, 0.5) is 0 Å². The van der Waals surface area contributed by atoms with Crippen molar-refractivity contribution < 1.29 is 10.2 Å². The minimum absolute atomic E-state index is 0. The Labute approximate surface area is 165 Å². The molecule has 8 atom stereocenters. The van der Waals surface area contributed by atoms with Gasteiger partial charge in [0.25, 0.3) is 0 Å². The predicted molar refractivity (Wildman–Crippen MR) is 108 cm³/mol. The predicted octanol–water partition coefficient (Wildman–Crippen LogP) is 3.93. The normalized spacial score (nSPS) is 48.5. The van der Waals surface area contributed by atoms with Gasteiger partial charge in [-0.1, -0.05) is 18.6 Å². The van der Waals surface area contributed by atoms with E-state index in [0.29, 0.717) is 29.2 Å². The Morgan fingerprint density at radius 3 is 2.62 bits per heavy atom. The number of fused-ring (bicyclic) bond motifs is 5. The summed E-state index contributed by atoms with van der Waals surface area (Å²) in [7, 11) is 2.10. The van der Waals surface area contributed by atoms with Crippen LogP contribution in [-0.4, -0.2) is 36.0 Å². The Morgan fingerprint density at radius 2 is 1.96 bits per heavy atom. The number of nitrogens with one attached hydrogen (secondary N) is 1. The smallest absolute Gasteiger partial charge is 0.0546 e. The van der Waals surface area contributed by atoms with Crippen molar-refractivity contribution in [3.05, 3.63) is 11.6 Å². The maximum Gasteiger partial charge on any atom is 0.0546 e. The first-order valence-electron chi connectivity index (χ1n) is 10.6. The van der Waals surface area contributed by atoms with Crippen LogP contribution in [0.15, 0.2) is 11.6 Å². The van der Waals surface area contributed by atoms with Crippen molar-refractivity contribution in [2.24, 2.45) is 34.5 Å². The topological polar surface area (TPSA) is 52.5 Å². The Hall–Kier alpha value is -0.0900. The van der Waals surface area contributed by atoms with Gasteiger partial charge in [0.15, 0.2) is 0 Å². The van der Waals surface area contributed by atoms with Crippen molar-refractivity contribution in [2.45, 2.75) is 77.4 Å². The molecule has 0 aromatic heterocycles. The molecule has 150 valence electrons. The molecule has 0 aromatic rings. The highest BCUT2D eigenvalue weighted by molar-refractivity contribution is 5.85. The molecule has 0 aromatic carbocycles. The molecule has 4 rings (SSSR count). The summed E-state index contributed by atoms with van der Waals surface area (Å²) in [6, 6.07) is 0.655. The average Bonchev–Trinajstić information content (AvgIpc) is 3.01. The van der Waals surface area contributed by atoms with Crippen molar-refractivity contribution in [3.8, 4) is 0 Å². The fourth-order valence-electron chi connectivity index (χ4n) is 7.79. The van der Waals surface area contributed by atoms with Crippen LogP contribution in [0.2, 0.25) is 0 Å². The van der Waals surface area contributed by atoms with E-state index in [1.807, 2.05) is 6.92 Å². The van der Waals surface area contributed by atoms with Gasteiger partial charge in [-0.15, -0.1) is 12.4 Å². The zero-order valence-corrected chi connectivity index (χ0v) is 17.5. The molecular weight excluding hydrogens is 346 g/mol. The van der Waals surface area contributed by atoms with E-state index >= 15 is 0 Å². The van der Waals surface area contributed by atoms with Crippen LogP contribution in [0.25, 0.3) is 0 Å². The van der Waals surface area contributed by atoms with Gasteiger partial charge in [0.1, 0.15) is 0 Å². The van der Waals surface area contributed by atoms with Crippen molar-refractivity contribution in [1.82, 2.24) is 5.32 Å². The number of halogens is 1.